The third-order valence-electron chi connectivity index (χ3n) is 5.10. The summed E-state index contributed by atoms with van der Waals surface area (Å²) in [6.07, 6.45) is 6.30. The average molecular weight is 370 g/mol. The fraction of sp³-hybridized carbons (Fsp3) is 0.500. The molecule has 2 aliphatic rings. The average Bonchev–Trinajstić information content (AvgIpc) is 3.35. The molecule has 0 aromatic carbocycles. The molecule has 142 valence electrons. The number of anilines is 1. The number of aromatic amines is 1. The van der Waals surface area contributed by atoms with Gasteiger partial charge in [-0.25, -0.2) is 4.98 Å². The summed E-state index contributed by atoms with van der Waals surface area (Å²) in [6.45, 7) is 1.76. The van der Waals surface area contributed by atoms with E-state index >= 15 is 0 Å². The number of aromatic nitrogens is 4. The van der Waals surface area contributed by atoms with Gasteiger partial charge in [-0.3, -0.25) is 19.4 Å². The topological polar surface area (TPSA) is 122 Å². The Kier molecular flexibility index (Phi) is 4.51. The first-order valence-electron chi connectivity index (χ1n) is 9.32. The van der Waals surface area contributed by atoms with E-state index in [0.717, 1.165) is 50.6 Å². The maximum atomic E-state index is 12.3. The lowest BCUT2D eigenvalue weighted by atomic mass is 10.2. The lowest BCUT2D eigenvalue weighted by molar-refractivity contribution is -0.136. The molecule has 1 saturated carbocycles. The molecular weight excluding hydrogens is 348 g/mol. The number of fused-ring (bicyclic) bond motifs is 1. The highest BCUT2D eigenvalue weighted by molar-refractivity contribution is 6.39. The maximum absolute atomic E-state index is 12.3. The zero-order chi connectivity index (χ0) is 19.0. The van der Waals surface area contributed by atoms with Crippen LogP contribution in [0.3, 0.4) is 0 Å². The van der Waals surface area contributed by atoms with Crippen molar-refractivity contribution in [3.8, 4) is 5.95 Å². The molecule has 0 saturated heterocycles. The van der Waals surface area contributed by atoms with Gasteiger partial charge in [0.2, 0.25) is 5.95 Å². The molecule has 2 aliphatic carbocycles. The van der Waals surface area contributed by atoms with Crippen LogP contribution in [0.15, 0.2) is 10.9 Å². The molecule has 4 rings (SSSR count). The number of amides is 2. The first-order valence-corrected chi connectivity index (χ1v) is 9.32. The Hall–Kier alpha value is -2.97. The van der Waals surface area contributed by atoms with Crippen LogP contribution in [-0.2, 0) is 22.4 Å². The molecule has 27 heavy (non-hydrogen) atoms. The minimum atomic E-state index is -0.758. The molecule has 2 aromatic heterocycles. The molecule has 9 heteroatoms. The van der Waals surface area contributed by atoms with Gasteiger partial charge in [0, 0.05) is 17.7 Å². The molecule has 2 heterocycles. The van der Waals surface area contributed by atoms with E-state index < -0.39 is 11.8 Å². The molecular formula is C18H22N6O3. The highest BCUT2D eigenvalue weighted by Gasteiger charge is 2.24. The van der Waals surface area contributed by atoms with Gasteiger partial charge in [-0.2, -0.15) is 9.78 Å². The molecule has 0 spiro atoms. The van der Waals surface area contributed by atoms with E-state index in [4.69, 9.17) is 0 Å². The van der Waals surface area contributed by atoms with E-state index in [1.54, 1.807) is 13.0 Å². The van der Waals surface area contributed by atoms with Gasteiger partial charge in [-0.15, -0.1) is 0 Å². The van der Waals surface area contributed by atoms with Crippen molar-refractivity contribution in [2.45, 2.75) is 57.9 Å². The predicted molar refractivity (Wildman–Crippen MR) is 97.8 cm³/mol. The summed E-state index contributed by atoms with van der Waals surface area (Å²) in [4.78, 5) is 43.9. The molecule has 3 N–H and O–H groups in total. The fourth-order valence-electron chi connectivity index (χ4n) is 3.77. The monoisotopic (exact) mass is 370 g/mol. The molecule has 0 atom stereocenters. The van der Waals surface area contributed by atoms with Crippen LogP contribution in [-0.4, -0.2) is 37.6 Å². The molecule has 0 aliphatic heterocycles. The van der Waals surface area contributed by atoms with Crippen molar-refractivity contribution >= 4 is 17.6 Å². The minimum absolute atomic E-state index is 0.0598. The van der Waals surface area contributed by atoms with Gasteiger partial charge in [0.05, 0.1) is 11.4 Å². The third kappa shape index (κ3) is 3.49. The van der Waals surface area contributed by atoms with Crippen LogP contribution in [0.2, 0.25) is 0 Å². The Labute approximate surface area is 155 Å². The van der Waals surface area contributed by atoms with Crippen LogP contribution in [0.4, 0.5) is 5.82 Å². The molecule has 9 nitrogen and oxygen atoms in total. The summed E-state index contributed by atoms with van der Waals surface area (Å²) in [5.74, 6) is -0.894. The van der Waals surface area contributed by atoms with Crippen molar-refractivity contribution in [1.82, 2.24) is 25.1 Å². The van der Waals surface area contributed by atoms with E-state index in [2.05, 4.69) is 25.7 Å². The van der Waals surface area contributed by atoms with Crippen LogP contribution in [0.1, 0.15) is 49.1 Å². The number of hydrogen-bond acceptors (Lipinski definition) is 5. The number of hydrogen-bond donors (Lipinski definition) is 3. The second kappa shape index (κ2) is 6.98. The van der Waals surface area contributed by atoms with E-state index in [1.165, 1.54) is 4.68 Å². The summed E-state index contributed by atoms with van der Waals surface area (Å²) in [6, 6.07) is 1.69. The second-order valence-electron chi connectivity index (χ2n) is 7.16. The van der Waals surface area contributed by atoms with Crippen molar-refractivity contribution in [3.63, 3.8) is 0 Å². The van der Waals surface area contributed by atoms with Gasteiger partial charge in [0.1, 0.15) is 5.82 Å². The zero-order valence-corrected chi connectivity index (χ0v) is 15.2. The summed E-state index contributed by atoms with van der Waals surface area (Å²) in [5.41, 5.74) is 1.92. The number of H-pyrrole nitrogens is 1. The van der Waals surface area contributed by atoms with Gasteiger partial charge in [-0.1, -0.05) is 12.8 Å². The van der Waals surface area contributed by atoms with E-state index in [0.29, 0.717) is 17.1 Å². The Morgan fingerprint density at radius 3 is 2.74 bits per heavy atom. The largest absolute Gasteiger partial charge is 0.345 e. The minimum Gasteiger partial charge on any atom is -0.345 e. The SMILES string of the molecule is Cc1cc(NC(=O)C(=O)NC2CCCC2)n(-c2nc3c(c(=O)[nH]2)CCC3)n1. The van der Waals surface area contributed by atoms with Crippen LogP contribution < -0.4 is 16.2 Å². The first-order chi connectivity index (χ1) is 13.0. The fourth-order valence-corrected chi connectivity index (χ4v) is 3.77. The van der Waals surface area contributed by atoms with Crippen LogP contribution in [0, 0.1) is 6.92 Å². The predicted octanol–water partition coefficient (Wildman–Crippen LogP) is 0.750. The van der Waals surface area contributed by atoms with Crippen LogP contribution in [0.25, 0.3) is 5.95 Å². The van der Waals surface area contributed by atoms with Crippen molar-refractivity contribution in [1.29, 1.82) is 0 Å². The quantitative estimate of drug-likeness (QED) is 0.688. The highest BCUT2D eigenvalue weighted by atomic mass is 16.2. The van der Waals surface area contributed by atoms with Gasteiger partial charge < -0.3 is 10.6 Å². The Morgan fingerprint density at radius 2 is 1.96 bits per heavy atom. The van der Waals surface area contributed by atoms with E-state index in [1.807, 2.05) is 0 Å². The molecule has 1 fully saturated rings. The van der Waals surface area contributed by atoms with Gasteiger partial charge >= 0.3 is 11.8 Å². The summed E-state index contributed by atoms with van der Waals surface area (Å²) in [7, 11) is 0. The third-order valence-corrected chi connectivity index (χ3v) is 5.10. The summed E-state index contributed by atoms with van der Waals surface area (Å²) in [5, 5.41) is 9.63. The molecule has 0 radical (unpaired) electrons. The first kappa shape index (κ1) is 17.4. The van der Waals surface area contributed by atoms with Gasteiger partial charge in [0.15, 0.2) is 0 Å². The van der Waals surface area contributed by atoms with Crippen LogP contribution in [0.5, 0.6) is 0 Å². The smallest absolute Gasteiger partial charge is 0.314 e. The normalized spacial score (nSPS) is 16.3. The standard InChI is InChI=1S/C18H22N6O3/c1-10-9-14(21-17(27)16(26)19-11-5-2-3-6-11)24(23-10)18-20-13-8-4-7-12(13)15(25)22-18/h9,11H,2-8H2,1H3,(H,19,26)(H,21,27)(H,20,22,25). The number of nitrogens with one attached hydrogen (secondary N) is 3. The number of rotatable bonds is 3. The van der Waals surface area contributed by atoms with Crippen molar-refractivity contribution < 1.29 is 9.59 Å². The van der Waals surface area contributed by atoms with Crippen molar-refractivity contribution in [2.24, 2.45) is 0 Å². The Morgan fingerprint density at radius 1 is 1.19 bits per heavy atom. The molecule has 0 bridgehead atoms. The Balaban J connectivity index is 1.56. The maximum Gasteiger partial charge on any atom is 0.314 e. The number of carbonyl (C=O) groups excluding carboxylic acids is 2. The van der Waals surface area contributed by atoms with E-state index in [-0.39, 0.29) is 17.5 Å². The lowest BCUT2D eigenvalue weighted by Gasteiger charge is -2.12. The number of aryl methyl sites for hydroxylation is 2. The van der Waals surface area contributed by atoms with Crippen LogP contribution >= 0.6 is 0 Å². The zero-order valence-electron chi connectivity index (χ0n) is 15.2. The van der Waals surface area contributed by atoms with Gasteiger partial charge in [0.25, 0.3) is 5.56 Å². The van der Waals surface area contributed by atoms with Crippen molar-refractivity contribution in [3.05, 3.63) is 33.4 Å². The lowest BCUT2D eigenvalue weighted by Crippen LogP contribution is -2.40. The molecule has 2 amide bonds. The van der Waals surface area contributed by atoms with Crippen molar-refractivity contribution in [2.75, 3.05) is 5.32 Å². The highest BCUT2D eigenvalue weighted by Crippen LogP contribution is 2.20. The molecule has 2 aromatic rings. The number of carbonyl (C=O) groups is 2. The molecule has 0 unspecified atom stereocenters. The van der Waals surface area contributed by atoms with Gasteiger partial charge in [-0.05, 0) is 39.0 Å². The number of nitrogens with zero attached hydrogens (tertiary/aromatic N) is 3. The summed E-state index contributed by atoms with van der Waals surface area (Å²) < 4.78 is 1.36. The second-order valence-corrected chi connectivity index (χ2v) is 7.16. The summed E-state index contributed by atoms with van der Waals surface area (Å²) >= 11 is 0. The Bertz CT molecular complexity index is 954. The van der Waals surface area contributed by atoms with E-state index in [9.17, 15) is 14.4 Å².